The molecular formula is C20H28N4O3. The maximum absolute atomic E-state index is 5.89. The minimum absolute atomic E-state index is 0.0702. The molecule has 7 heteroatoms. The van der Waals surface area contributed by atoms with E-state index < -0.39 is 0 Å². The van der Waals surface area contributed by atoms with Gasteiger partial charge in [0.25, 0.3) is 0 Å². The van der Waals surface area contributed by atoms with Gasteiger partial charge >= 0.3 is 0 Å². The molecule has 1 atom stereocenters. The van der Waals surface area contributed by atoms with Crippen molar-refractivity contribution in [3.63, 3.8) is 0 Å². The van der Waals surface area contributed by atoms with Crippen molar-refractivity contribution in [2.75, 3.05) is 33.4 Å². The molecule has 27 heavy (non-hydrogen) atoms. The topological polar surface area (TPSA) is 77.0 Å². The summed E-state index contributed by atoms with van der Waals surface area (Å²) in [5, 5.41) is 6.46. The van der Waals surface area contributed by atoms with Crippen LogP contribution < -0.4 is 24.8 Å². The van der Waals surface area contributed by atoms with Crippen molar-refractivity contribution in [3.05, 3.63) is 48.8 Å². The summed E-state index contributed by atoms with van der Waals surface area (Å²) in [5.74, 6) is 3.02. The first-order valence-electron chi connectivity index (χ1n) is 9.07. The van der Waals surface area contributed by atoms with Crippen LogP contribution in [0.25, 0.3) is 0 Å². The molecule has 1 aromatic carbocycles. The Morgan fingerprint density at radius 1 is 1.15 bits per heavy atom. The Balaban J connectivity index is 1.77. The number of pyridine rings is 1. The van der Waals surface area contributed by atoms with Gasteiger partial charge in [0.2, 0.25) is 0 Å². The zero-order valence-electron chi connectivity index (χ0n) is 16.1. The number of hydrogen-bond donors (Lipinski definition) is 2. The lowest BCUT2D eigenvalue weighted by atomic mass is 10.3. The zero-order valence-corrected chi connectivity index (χ0v) is 16.1. The molecule has 2 aromatic rings. The molecule has 0 spiro atoms. The van der Waals surface area contributed by atoms with Gasteiger partial charge in [-0.2, -0.15) is 0 Å². The smallest absolute Gasteiger partial charge is 0.191 e. The molecule has 1 aromatic heterocycles. The number of hydrogen-bond acceptors (Lipinski definition) is 5. The van der Waals surface area contributed by atoms with Crippen molar-refractivity contribution in [3.8, 4) is 17.2 Å². The lowest BCUT2D eigenvalue weighted by Crippen LogP contribution is -2.40. The maximum Gasteiger partial charge on any atom is 0.191 e. The average molecular weight is 372 g/mol. The largest absolute Gasteiger partial charge is 0.497 e. The first kappa shape index (κ1) is 20.4. The highest BCUT2D eigenvalue weighted by molar-refractivity contribution is 5.79. The number of aliphatic imine (C=N–C) groups is 1. The molecule has 0 amide bonds. The minimum Gasteiger partial charge on any atom is -0.497 e. The van der Waals surface area contributed by atoms with Crippen LogP contribution in [0.4, 0.5) is 0 Å². The molecule has 146 valence electrons. The van der Waals surface area contributed by atoms with Crippen molar-refractivity contribution in [1.82, 2.24) is 15.6 Å². The number of methoxy groups -OCH3 is 1. The molecule has 0 bridgehead atoms. The van der Waals surface area contributed by atoms with E-state index in [9.17, 15) is 0 Å². The van der Waals surface area contributed by atoms with Crippen LogP contribution in [0.5, 0.6) is 17.2 Å². The highest BCUT2D eigenvalue weighted by atomic mass is 16.5. The standard InChI is InChI=1S/C20H28N4O3/c1-4-22-20(23-11-12-26-19-9-6-10-21-15-19)24-14-16(2)27-18-8-5-7-17(13-18)25-3/h5-10,13,15-16H,4,11-12,14H2,1-3H3,(H2,22,23,24). The van der Waals surface area contributed by atoms with Crippen molar-refractivity contribution < 1.29 is 14.2 Å². The highest BCUT2D eigenvalue weighted by Gasteiger charge is 2.06. The third kappa shape index (κ3) is 7.85. The molecule has 0 saturated heterocycles. The summed E-state index contributed by atoms with van der Waals surface area (Å²) in [4.78, 5) is 8.59. The van der Waals surface area contributed by atoms with Gasteiger partial charge in [0.1, 0.15) is 30.0 Å². The molecule has 2 N–H and O–H groups in total. The summed E-state index contributed by atoms with van der Waals surface area (Å²) in [5.41, 5.74) is 0. The van der Waals surface area contributed by atoms with E-state index in [-0.39, 0.29) is 6.10 Å². The number of guanidine groups is 1. The summed E-state index contributed by atoms with van der Waals surface area (Å²) >= 11 is 0. The number of ether oxygens (including phenoxy) is 3. The second-order valence-corrected chi connectivity index (χ2v) is 5.79. The molecule has 7 nitrogen and oxygen atoms in total. The molecule has 0 aliphatic rings. The van der Waals surface area contributed by atoms with Crippen LogP contribution in [-0.4, -0.2) is 50.4 Å². The van der Waals surface area contributed by atoms with Crippen molar-refractivity contribution in [1.29, 1.82) is 0 Å². The first-order chi connectivity index (χ1) is 13.2. The lowest BCUT2D eigenvalue weighted by molar-refractivity contribution is 0.229. The molecule has 0 aliphatic carbocycles. The minimum atomic E-state index is -0.0702. The number of rotatable bonds is 10. The predicted octanol–water partition coefficient (Wildman–Crippen LogP) is 2.49. The number of aromatic nitrogens is 1. The van der Waals surface area contributed by atoms with Crippen LogP contribution in [0, 0.1) is 0 Å². The third-order valence-electron chi connectivity index (χ3n) is 3.53. The fourth-order valence-corrected chi connectivity index (χ4v) is 2.28. The van der Waals surface area contributed by atoms with Gasteiger partial charge < -0.3 is 24.8 Å². The van der Waals surface area contributed by atoms with E-state index in [0.29, 0.717) is 19.7 Å². The number of nitrogens with one attached hydrogen (secondary N) is 2. The van der Waals surface area contributed by atoms with E-state index in [1.165, 1.54) is 0 Å². The Bertz CT molecular complexity index is 695. The van der Waals surface area contributed by atoms with E-state index in [4.69, 9.17) is 14.2 Å². The average Bonchev–Trinajstić information content (AvgIpc) is 2.70. The predicted molar refractivity (Wildman–Crippen MR) is 107 cm³/mol. The Hall–Kier alpha value is -2.96. The van der Waals surface area contributed by atoms with E-state index in [1.807, 2.05) is 50.2 Å². The molecular weight excluding hydrogens is 344 g/mol. The van der Waals surface area contributed by atoms with Crippen molar-refractivity contribution in [2.45, 2.75) is 20.0 Å². The fourth-order valence-electron chi connectivity index (χ4n) is 2.28. The number of nitrogens with zero attached hydrogens (tertiary/aromatic N) is 2. The molecule has 1 heterocycles. The second kappa shape index (κ2) is 11.6. The number of benzene rings is 1. The normalized spacial score (nSPS) is 12.2. The van der Waals surface area contributed by atoms with Crippen molar-refractivity contribution >= 4 is 5.96 Å². The first-order valence-corrected chi connectivity index (χ1v) is 9.07. The second-order valence-electron chi connectivity index (χ2n) is 5.79. The quantitative estimate of drug-likeness (QED) is 0.379. The monoisotopic (exact) mass is 372 g/mol. The Morgan fingerprint density at radius 2 is 1.96 bits per heavy atom. The molecule has 0 saturated carbocycles. The van der Waals surface area contributed by atoms with Gasteiger partial charge in [-0.15, -0.1) is 0 Å². The summed E-state index contributed by atoms with van der Waals surface area (Å²) in [6.45, 7) is 6.46. The summed E-state index contributed by atoms with van der Waals surface area (Å²) in [7, 11) is 1.64. The van der Waals surface area contributed by atoms with Crippen LogP contribution in [0.1, 0.15) is 13.8 Å². The molecule has 0 aliphatic heterocycles. The zero-order chi connectivity index (χ0) is 19.3. The molecule has 0 fully saturated rings. The van der Waals surface area contributed by atoms with Gasteiger partial charge in [0.05, 0.1) is 26.4 Å². The maximum atomic E-state index is 5.89. The van der Waals surface area contributed by atoms with Gasteiger partial charge in [-0.25, -0.2) is 4.99 Å². The van der Waals surface area contributed by atoms with Crippen molar-refractivity contribution in [2.24, 2.45) is 4.99 Å². The third-order valence-corrected chi connectivity index (χ3v) is 3.53. The lowest BCUT2D eigenvalue weighted by Gasteiger charge is -2.15. The van der Waals surface area contributed by atoms with Crippen LogP contribution in [0.3, 0.4) is 0 Å². The van der Waals surface area contributed by atoms with Crippen LogP contribution in [0.2, 0.25) is 0 Å². The van der Waals surface area contributed by atoms with E-state index >= 15 is 0 Å². The van der Waals surface area contributed by atoms with Gasteiger partial charge in [-0.3, -0.25) is 4.98 Å². The Kier molecular flexibility index (Phi) is 8.76. The van der Waals surface area contributed by atoms with Crippen LogP contribution >= 0.6 is 0 Å². The Morgan fingerprint density at radius 3 is 2.70 bits per heavy atom. The van der Waals surface area contributed by atoms with Gasteiger partial charge in [-0.05, 0) is 38.1 Å². The van der Waals surface area contributed by atoms with Crippen LogP contribution in [-0.2, 0) is 0 Å². The van der Waals surface area contributed by atoms with Gasteiger partial charge in [0.15, 0.2) is 5.96 Å². The SMILES string of the molecule is CCNC(=NCC(C)Oc1cccc(OC)c1)NCCOc1cccnc1. The fraction of sp³-hybridized carbons (Fsp3) is 0.400. The highest BCUT2D eigenvalue weighted by Crippen LogP contribution is 2.19. The summed E-state index contributed by atoms with van der Waals surface area (Å²) < 4.78 is 16.7. The van der Waals surface area contributed by atoms with Crippen LogP contribution in [0.15, 0.2) is 53.8 Å². The van der Waals surface area contributed by atoms with E-state index in [1.54, 1.807) is 19.5 Å². The summed E-state index contributed by atoms with van der Waals surface area (Å²) in [6.07, 6.45) is 3.34. The summed E-state index contributed by atoms with van der Waals surface area (Å²) in [6, 6.07) is 11.3. The Labute approximate surface area is 160 Å². The van der Waals surface area contributed by atoms with Gasteiger partial charge in [0, 0.05) is 18.8 Å². The molecule has 0 radical (unpaired) electrons. The van der Waals surface area contributed by atoms with E-state index in [2.05, 4.69) is 20.6 Å². The van der Waals surface area contributed by atoms with Gasteiger partial charge in [-0.1, -0.05) is 6.07 Å². The molecule has 2 rings (SSSR count). The molecule has 1 unspecified atom stereocenters. The van der Waals surface area contributed by atoms with E-state index in [0.717, 1.165) is 29.8 Å².